The lowest BCUT2D eigenvalue weighted by molar-refractivity contribution is -0.121. The number of hydrogen-bond donors (Lipinski definition) is 1. The molecule has 0 unspecified atom stereocenters. The minimum atomic E-state index is -0.323. The van der Waals surface area contributed by atoms with Crippen LogP contribution in [-0.4, -0.2) is 22.7 Å². The Hall–Kier alpha value is -2.54. The molecule has 0 bridgehead atoms. The van der Waals surface area contributed by atoms with Crippen molar-refractivity contribution >= 4 is 39.9 Å². The first kappa shape index (κ1) is 17.3. The van der Waals surface area contributed by atoms with Gasteiger partial charge in [0.1, 0.15) is 0 Å². The lowest BCUT2D eigenvalue weighted by Crippen LogP contribution is -2.28. The van der Waals surface area contributed by atoms with Crippen LogP contribution in [0.4, 0.5) is 10.8 Å². The van der Waals surface area contributed by atoms with E-state index in [-0.39, 0.29) is 36.0 Å². The van der Waals surface area contributed by atoms with Crippen LogP contribution >= 0.6 is 11.3 Å². The van der Waals surface area contributed by atoms with Crippen LogP contribution in [0.2, 0.25) is 0 Å². The van der Waals surface area contributed by atoms with Gasteiger partial charge in [-0.2, -0.15) is 0 Å². The summed E-state index contributed by atoms with van der Waals surface area (Å²) < 4.78 is 0. The second kappa shape index (κ2) is 6.40. The predicted octanol–water partition coefficient (Wildman–Crippen LogP) is 3.35. The van der Waals surface area contributed by atoms with Crippen molar-refractivity contribution in [3.05, 3.63) is 40.9 Å². The summed E-state index contributed by atoms with van der Waals surface area (Å²) in [5.74, 6) is -0.801. The van der Waals surface area contributed by atoms with E-state index in [2.05, 4.69) is 31.1 Å². The SMILES string of the molecule is CC(C)(C)c1csc(NC(=O)c2cccc(N3C(=O)CCC3=O)c2)n1. The van der Waals surface area contributed by atoms with E-state index in [9.17, 15) is 14.4 Å². The number of rotatable bonds is 3. The summed E-state index contributed by atoms with van der Waals surface area (Å²) in [5, 5.41) is 5.22. The third-order valence-electron chi connectivity index (χ3n) is 3.91. The van der Waals surface area contributed by atoms with Gasteiger partial charge in [-0.1, -0.05) is 26.8 Å². The van der Waals surface area contributed by atoms with Gasteiger partial charge < -0.3 is 0 Å². The van der Waals surface area contributed by atoms with Gasteiger partial charge in [-0.25, -0.2) is 4.98 Å². The molecular formula is C18H19N3O3S. The minimum Gasteiger partial charge on any atom is -0.298 e. The molecule has 1 fully saturated rings. The van der Waals surface area contributed by atoms with Gasteiger partial charge in [0.2, 0.25) is 11.8 Å². The minimum absolute atomic E-state index is 0.0874. The van der Waals surface area contributed by atoms with Crippen molar-refractivity contribution in [2.45, 2.75) is 39.0 Å². The van der Waals surface area contributed by atoms with E-state index in [1.807, 2.05) is 5.38 Å². The van der Waals surface area contributed by atoms with Crippen molar-refractivity contribution < 1.29 is 14.4 Å². The van der Waals surface area contributed by atoms with Gasteiger partial charge in [-0.05, 0) is 18.2 Å². The third kappa shape index (κ3) is 3.61. The molecular weight excluding hydrogens is 338 g/mol. The number of aromatic nitrogens is 1. The normalized spacial score (nSPS) is 14.9. The molecule has 1 aromatic carbocycles. The largest absolute Gasteiger partial charge is 0.298 e. The van der Waals surface area contributed by atoms with Crippen LogP contribution in [0.1, 0.15) is 49.7 Å². The van der Waals surface area contributed by atoms with Crippen molar-refractivity contribution in [2.75, 3.05) is 10.2 Å². The molecule has 0 radical (unpaired) electrons. The summed E-state index contributed by atoms with van der Waals surface area (Å²) in [4.78, 5) is 41.7. The number of nitrogens with zero attached hydrogens (tertiary/aromatic N) is 2. The van der Waals surface area contributed by atoms with Crippen molar-refractivity contribution in [2.24, 2.45) is 0 Å². The summed E-state index contributed by atoms with van der Waals surface area (Å²) in [6.07, 6.45) is 0.425. The van der Waals surface area contributed by atoms with E-state index >= 15 is 0 Å². The Balaban J connectivity index is 1.79. The first-order chi connectivity index (χ1) is 11.8. The summed E-state index contributed by atoms with van der Waals surface area (Å²) in [5.41, 5.74) is 1.62. The van der Waals surface area contributed by atoms with E-state index in [0.717, 1.165) is 10.6 Å². The highest BCUT2D eigenvalue weighted by Crippen LogP contribution is 2.27. The Kier molecular flexibility index (Phi) is 4.43. The zero-order valence-corrected chi connectivity index (χ0v) is 15.1. The molecule has 1 aromatic heterocycles. The summed E-state index contributed by atoms with van der Waals surface area (Å²) >= 11 is 1.37. The average molecular weight is 357 g/mol. The van der Waals surface area contributed by atoms with Gasteiger partial charge in [-0.3, -0.25) is 24.6 Å². The number of amides is 3. The van der Waals surface area contributed by atoms with Gasteiger partial charge >= 0.3 is 0 Å². The Bertz CT molecular complexity index is 835. The number of hydrogen-bond acceptors (Lipinski definition) is 5. The lowest BCUT2D eigenvalue weighted by atomic mass is 9.93. The quantitative estimate of drug-likeness (QED) is 0.855. The van der Waals surface area contributed by atoms with Crippen LogP contribution in [0.25, 0.3) is 0 Å². The molecule has 25 heavy (non-hydrogen) atoms. The van der Waals surface area contributed by atoms with Gasteiger partial charge in [0.15, 0.2) is 5.13 Å². The van der Waals surface area contributed by atoms with E-state index < -0.39 is 0 Å². The zero-order valence-electron chi connectivity index (χ0n) is 14.3. The second-order valence-corrected chi connectivity index (χ2v) is 7.77. The predicted molar refractivity (Wildman–Crippen MR) is 96.9 cm³/mol. The average Bonchev–Trinajstić information content (AvgIpc) is 3.14. The number of anilines is 2. The lowest BCUT2D eigenvalue weighted by Gasteiger charge is -2.15. The topological polar surface area (TPSA) is 79.4 Å². The Morgan fingerprint density at radius 3 is 2.48 bits per heavy atom. The van der Waals surface area contributed by atoms with Crippen LogP contribution in [0, 0.1) is 0 Å². The molecule has 0 atom stereocenters. The number of carbonyl (C=O) groups is 3. The number of carbonyl (C=O) groups excluding carboxylic acids is 3. The highest BCUT2D eigenvalue weighted by molar-refractivity contribution is 7.14. The van der Waals surface area contributed by atoms with E-state index in [1.165, 1.54) is 11.3 Å². The molecule has 0 spiro atoms. The fraction of sp³-hybridized carbons (Fsp3) is 0.333. The molecule has 1 N–H and O–H groups in total. The molecule has 1 aliphatic rings. The van der Waals surface area contributed by atoms with Gasteiger partial charge in [0, 0.05) is 29.2 Å². The van der Waals surface area contributed by atoms with E-state index in [0.29, 0.717) is 16.4 Å². The fourth-order valence-electron chi connectivity index (χ4n) is 2.50. The number of imide groups is 1. The molecule has 1 aliphatic heterocycles. The van der Waals surface area contributed by atoms with Crippen LogP contribution in [0.3, 0.4) is 0 Å². The van der Waals surface area contributed by atoms with E-state index in [1.54, 1.807) is 24.3 Å². The summed E-state index contributed by atoms with van der Waals surface area (Å²) in [7, 11) is 0. The maximum absolute atomic E-state index is 12.5. The molecule has 3 amide bonds. The first-order valence-electron chi connectivity index (χ1n) is 7.99. The number of nitrogens with one attached hydrogen (secondary N) is 1. The van der Waals surface area contributed by atoms with Crippen LogP contribution in [0.5, 0.6) is 0 Å². The van der Waals surface area contributed by atoms with Crippen molar-refractivity contribution in [1.82, 2.24) is 4.98 Å². The Morgan fingerprint density at radius 2 is 1.88 bits per heavy atom. The number of thiazole rings is 1. The number of benzene rings is 1. The Labute approximate surface area is 149 Å². The molecule has 0 saturated carbocycles. The van der Waals surface area contributed by atoms with Crippen molar-refractivity contribution in [1.29, 1.82) is 0 Å². The fourth-order valence-corrected chi connectivity index (χ4v) is 3.43. The van der Waals surface area contributed by atoms with E-state index in [4.69, 9.17) is 0 Å². The molecule has 6 nitrogen and oxygen atoms in total. The summed E-state index contributed by atoms with van der Waals surface area (Å²) in [6.45, 7) is 6.17. The van der Waals surface area contributed by atoms with Crippen molar-refractivity contribution in [3.8, 4) is 0 Å². The third-order valence-corrected chi connectivity index (χ3v) is 4.67. The maximum Gasteiger partial charge on any atom is 0.257 e. The molecule has 2 heterocycles. The maximum atomic E-state index is 12.5. The highest BCUT2D eigenvalue weighted by Gasteiger charge is 2.30. The van der Waals surface area contributed by atoms with Crippen LogP contribution < -0.4 is 10.2 Å². The zero-order chi connectivity index (χ0) is 18.2. The van der Waals surface area contributed by atoms with Crippen LogP contribution in [-0.2, 0) is 15.0 Å². The van der Waals surface area contributed by atoms with Crippen molar-refractivity contribution in [3.63, 3.8) is 0 Å². The summed E-state index contributed by atoms with van der Waals surface area (Å²) in [6, 6.07) is 6.50. The molecule has 130 valence electrons. The smallest absolute Gasteiger partial charge is 0.257 e. The second-order valence-electron chi connectivity index (χ2n) is 6.92. The first-order valence-corrected chi connectivity index (χ1v) is 8.87. The molecule has 0 aliphatic carbocycles. The van der Waals surface area contributed by atoms with Gasteiger partial charge in [0.25, 0.3) is 5.91 Å². The van der Waals surface area contributed by atoms with Crippen LogP contribution in [0.15, 0.2) is 29.6 Å². The highest BCUT2D eigenvalue weighted by atomic mass is 32.1. The molecule has 1 saturated heterocycles. The van der Waals surface area contributed by atoms with Gasteiger partial charge in [0.05, 0.1) is 11.4 Å². The molecule has 2 aromatic rings. The standard InChI is InChI=1S/C18H19N3O3S/c1-18(2,3)13-10-25-17(19-13)20-16(24)11-5-4-6-12(9-11)21-14(22)7-8-15(21)23/h4-6,9-10H,7-8H2,1-3H3,(H,19,20,24). The monoisotopic (exact) mass is 357 g/mol. The molecule has 7 heteroatoms. The van der Waals surface area contributed by atoms with Gasteiger partial charge in [-0.15, -0.1) is 11.3 Å². The molecule has 3 rings (SSSR count). The Morgan fingerprint density at radius 1 is 1.20 bits per heavy atom.